The number of hydrogen-bond acceptors (Lipinski definition) is 3. The molecule has 0 saturated heterocycles. The Labute approximate surface area is 108 Å². The van der Waals surface area contributed by atoms with Crippen LogP contribution < -0.4 is 10.1 Å². The Morgan fingerprint density at radius 2 is 2.06 bits per heavy atom. The Balaban J connectivity index is 3.01. The van der Waals surface area contributed by atoms with Gasteiger partial charge in [-0.2, -0.15) is 0 Å². The summed E-state index contributed by atoms with van der Waals surface area (Å²) in [4.78, 5) is 12.2. The number of aliphatic hydroxyl groups is 1. The van der Waals surface area contributed by atoms with Gasteiger partial charge < -0.3 is 15.2 Å². The molecule has 4 heteroatoms. The van der Waals surface area contributed by atoms with E-state index in [1.165, 1.54) is 7.11 Å². The summed E-state index contributed by atoms with van der Waals surface area (Å²) in [6.07, 6.45) is -0.641. The van der Waals surface area contributed by atoms with Crippen molar-refractivity contribution in [3.05, 3.63) is 29.3 Å². The van der Waals surface area contributed by atoms with Crippen LogP contribution in [0.25, 0.3) is 0 Å². The first-order valence-corrected chi connectivity index (χ1v) is 5.93. The number of benzene rings is 1. The SMILES string of the molecule is COc1ccc(C)cc1C(=O)NC(C)(C)C(C)O. The van der Waals surface area contributed by atoms with Crippen molar-refractivity contribution in [2.45, 2.75) is 39.3 Å². The molecule has 0 bridgehead atoms. The van der Waals surface area contributed by atoms with Crippen molar-refractivity contribution in [1.29, 1.82) is 0 Å². The largest absolute Gasteiger partial charge is 0.496 e. The van der Waals surface area contributed by atoms with Crippen molar-refractivity contribution >= 4 is 5.91 Å². The number of aliphatic hydroxyl groups excluding tert-OH is 1. The minimum absolute atomic E-state index is 0.249. The van der Waals surface area contributed by atoms with Crippen molar-refractivity contribution in [2.75, 3.05) is 7.11 Å². The third-order valence-electron chi connectivity index (χ3n) is 3.08. The predicted octanol–water partition coefficient (Wildman–Crippen LogP) is 1.89. The third-order valence-corrected chi connectivity index (χ3v) is 3.08. The van der Waals surface area contributed by atoms with Gasteiger partial charge in [0.1, 0.15) is 5.75 Å². The first-order chi connectivity index (χ1) is 8.27. The fourth-order valence-corrected chi connectivity index (χ4v) is 1.46. The molecule has 1 aromatic carbocycles. The van der Waals surface area contributed by atoms with Crippen LogP contribution in [0.2, 0.25) is 0 Å². The number of amides is 1. The monoisotopic (exact) mass is 251 g/mol. The Hall–Kier alpha value is -1.55. The summed E-state index contributed by atoms with van der Waals surface area (Å²) in [6, 6.07) is 5.42. The van der Waals surface area contributed by atoms with Crippen molar-refractivity contribution in [2.24, 2.45) is 0 Å². The molecule has 0 aliphatic rings. The van der Waals surface area contributed by atoms with Gasteiger partial charge in [-0.15, -0.1) is 0 Å². The Morgan fingerprint density at radius 1 is 1.44 bits per heavy atom. The number of hydrogen-bond donors (Lipinski definition) is 2. The molecule has 0 spiro atoms. The van der Waals surface area contributed by atoms with Crippen LogP contribution in [0.1, 0.15) is 36.7 Å². The summed E-state index contributed by atoms with van der Waals surface area (Å²) in [5.41, 5.74) is 0.772. The molecule has 0 aromatic heterocycles. The van der Waals surface area contributed by atoms with E-state index in [2.05, 4.69) is 5.32 Å². The van der Waals surface area contributed by atoms with E-state index in [0.29, 0.717) is 11.3 Å². The van der Waals surface area contributed by atoms with E-state index in [1.807, 2.05) is 13.0 Å². The first kappa shape index (κ1) is 14.5. The molecule has 0 aliphatic carbocycles. The summed E-state index contributed by atoms with van der Waals surface area (Å²) in [5.74, 6) is 0.279. The molecule has 1 amide bonds. The van der Waals surface area contributed by atoms with Crippen LogP contribution in [-0.4, -0.2) is 29.8 Å². The summed E-state index contributed by atoms with van der Waals surface area (Å²) in [7, 11) is 1.53. The van der Waals surface area contributed by atoms with Crippen LogP contribution >= 0.6 is 0 Å². The van der Waals surface area contributed by atoms with E-state index in [-0.39, 0.29) is 5.91 Å². The fourth-order valence-electron chi connectivity index (χ4n) is 1.46. The second-order valence-electron chi connectivity index (χ2n) is 5.06. The standard InChI is InChI=1S/C14H21NO3/c1-9-6-7-12(18-5)11(8-9)13(17)15-14(3,4)10(2)16/h6-8,10,16H,1-5H3,(H,15,17). The number of rotatable bonds is 4. The van der Waals surface area contributed by atoms with E-state index >= 15 is 0 Å². The van der Waals surface area contributed by atoms with Crippen LogP contribution in [0.3, 0.4) is 0 Å². The lowest BCUT2D eigenvalue weighted by Gasteiger charge is -2.29. The van der Waals surface area contributed by atoms with Crippen molar-refractivity contribution in [3.8, 4) is 5.75 Å². The van der Waals surface area contributed by atoms with E-state index in [4.69, 9.17) is 4.74 Å². The third kappa shape index (κ3) is 3.23. The van der Waals surface area contributed by atoms with Gasteiger partial charge in [0.2, 0.25) is 0 Å². The Morgan fingerprint density at radius 3 is 2.56 bits per heavy atom. The predicted molar refractivity (Wildman–Crippen MR) is 71.0 cm³/mol. The van der Waals surface area contributed by atoms with Crippen LogP contribution in [0, 0.1) is 6.92 Å². The molecule has 0 radical (unpaired) electrons. The maximum Gasteiger partial charge on any atom is 0.255 e. The molecule has 1 aromatic rings. The molecule has 18 heavy (non-hydrogen) atoms. The van der Waals surface area contributed by atoms with Crippen LogP contribution in [0.5, 0.6) is 5.75 Å². The van der Waals surface area contributed by atoms with Crippen molar-refractivity contribution < 1.29 is 14.6 Å². The zero-order valence-corrected chi connectivity index (χ0v) is 11.6. The quantitative estimate of drug-likeness (QED) is 0.859. The molecule has 2 N–H and O–H groups in total. The smallest absolute Gasteiger partial charge is 0.255 e. The molecule has 1 unspecified atom stereocenters. The van der Waals surface area contributed by atoms with Gasteiger partial charge in [-0.1, -0.05) is 11.6 Å². The highest BCUT2D eigenvalue weighted by molar-refractivity contribution is 5.97. The minimum atomic E-state index is -0.689. The van der Waals surface area contributed by atoms with Gasteiger partial charge in [0.15, 0.2) is 0 Å². The van der Waals surface area contributed by atoms with Crippen LogP contribution in [0.15, 0.2) is 18.2 Å². The van der Waals surface area contributed by atoms with Gasteiger partial charge in [-0.3, -0.25) is 4.79 Å². The summed E-state index contributed by atoms with van der Waals surface area (Å²) >= 11 is 0. The van der Waals surface area contributed by atoms with Gasteiger partial charge in [0.05, 0.1) is 24.3 Å². The first-order valence-electron chi connectivity index (χ1n) is 5.93. The molecule has 0 fully saturated rings. The van der Waals surface area contributed by atoms with E-state index in [0.717, 1.165) is 5.56 Å². The topological polar surface area (TPSA) is 58.6 Å². The second kappa shape index (κ2) is 5.40. The molecule has 0 aliphatic heterocycles. The Bertz CT molecular complexity index is 439. The van der Waals surface area contributed by atoms with Crippen LogP contribution in [-0.2, 0) is 0 Å². The molecule has 4 nitrogen and oxygen atoms in total. The molecule has 0 saturated carbocycles. The maximum atomic E-state index is 12.2. The lowest BCUT2D eigenvalue weighted by molar-refractivity contribution is 0.0707. The highest BCUT2D eigenvalue weighted by atomic mass is 16.5. The normalized spacial score (nSPS) is 13.0. The lowest BCUT2D eigenvalue weighted by atomic mass is 9.98. The van der Waals surface area contributed by atoms with Gasteiger partial charge in [-0.25, -0.2) is 0 Å². The zero-order chi connectivity index (χ0) is 13.9. The van der Waals surface area contributed by atoms with E-state index in [9.17, 15) is 9.90 Å². The van der Waals surface area contributed by atoms with Crippen molar-refractivity contribution in [3.63, 3.8) is 0 Å². The molecular weight excluding hydrogens is 230 g/mol. The number of nitrogens with one attached hydrogen (secondary N) is 1. The minimum Gasteiger partial charge on any atom is -0.496 e. The number of ether oxygens (including phenoxy) is 1. The van der Waals surface area contributed by atoms with E-state index in [1.54, 1.807) is 32.9 Å². The molecular formula is C14H21NO3. The van der Waals surface area contributed by atoms with Gasteiger partial charge in [0, 0.05) is 0 Å². The maximum absolute atomic E-state index is 12.2. The van der Waals surface area contributed by atoms with Crippen LogP contribution in [0.4, 0.5) is 0 Å². The molecule has 0 heterocycles. The van der Waals surface area contributed by atoms with Gasteiger partial charge in [-0.05, 0) is 39.8 Å². The number of carbonyl (C=O) groups is 1. The number of carbonyl (C=O) groups excluding carboxylic acids is 1. The highest BCUT2D eigenvalue weighted by Crippen LogP contribution is 2.21. The number of aryl methyl sites for hydroxylation is 1. The Kier molecular flexibility index (Phi) is 4.35. The lowest BCUT2D eigenvalue weighted by Crippen LogP contribution is -2.51. The molecule has 1 rings (SSSR count). The van der Waals surface area contributed by atoms with Crippen molar-refractivity contribution in [1.82, 2.24) is 5.32 Å². The summed E-state index contributed by atoms with van der Waals surface area (Å²) in [6.45, 7) is 7.11. The van der Waals surface area contributed by atoms with Gasteiger partial charge in [0.25, 0.3) is 5.91 Å². The summed E-state index contributed by atoms with van der Waals surface area (Å²) in [5, 5.41) is 12.4. The second-order valence-corrected chi connectivity index (χ2v) is 5.06. The van der Waals surface area contributed by atoms with E-state index < -0.39 is 11.6 Å². The summed E-state index contributed by atoms with van der Waals surface area (Å²) < 4.78 is 5.17. The average molecular weight is 251 g/mol. The van der Waals surface area contributed by atoms with Gasteiger partial charge >= 0.3 is 0 Å². The zero-order valence-electron chi connectivity index (χ0n) is 11.6. The number of methoxy groups -OCH3 is 1. The molecule has 100 valence electrons. The average Bonchev–Trinajstić information content (AvgIpc) is 2.28. The fraction of sp³-hybridized carbons (Fsp3) is 0.500. The highest BCUT2D eigenvalue weighted by Gasteiger charge is 2.27. The molecule has 1 atom stereocenters.